The summed E-state index contributed by atoms with van der Waals surface area (Å²) in [4.78, 5) is 15.0. The van der Waals surface area contributed by atoms with Crippen molar-refractivity contribution in [3.63, 3.8) is 0 Å². The van der Waals surface area contributed by atoms with Crippen LogP contribution in [0.15, 0.2) is 0 Å². The van der Waals surface area contributed by atoms with Crippen LogP contribution in [0.3, 0.4) is 0 Å². The molecular weight excluding hydrogens is 280 g/mol. The highest BCUT2D eigenvalue weighted by atomic mass is 32.2. The van der Waals surface area contributed by atoms with Gasteiger partial charge in [-0.1, -0.05) is 49.8 Å². The molecule has 0 aromatic heterocycles. The molecule has 0 saturated heterocycles. The molecule has 1 saturated carbocycles. The van der Waals surface area contributed by atoms with Crippen molar-refractivity contribution >= 4 is 16.1 Å². The Morgan fingerprint density at radius 2 is 1.85 bits per heavy atom. The number of carbonyl (C=O) groups excluding carboxylic acids is 1. The van der Waals surface area contributed by atoms with Crippen LogP contribution < -0.4 is 0 Å². The normalized spacial score (nSPS) is 18.7. The summed E-state index contributed by atoms with van der Waals surface area (Å²) in [5, 5.41) is -0.548. The fraction of sp³-hybridized carbons (Fsp3) is 0.929. The maximum Gasteiger partial charge on any atom is 0.340 e. The highest BCUT2D eigenvalue weighted by Crippen LogP contribution is 2.33. The van der Waals surface area contributed by atoms with E-state index in [0.29, 0.717) is 6.42 Å². The summed E-state index contributed by atoms with van der Waals surface area (Å²) < 4.78 is 28.9. The molecule has 1 fully saturated rings. The fourth-order valence-electron chi connectivity index (χ4n) is 2.86. The van der Waals surface area contributed by atoms with Gasteiger partial charge in [0.1, 0.15) is 0 Å². The van der Waals surface area contributed by atoms with Crippen molar-refractivity contribution in [2.45, 2.75) is 76.9 Å². The van der Waals surface area contributed by atoms with Crippen molar-refractivity contribution in [3.05, 3.63) is 0 Å². The van der Waals surface area contributed by atoms with Crippen LogP contribution in [0.25, 0.3) is 0 Å². The van der Waals surface area contributed by atoms with E-state index < -0.39 is 21.3 Å². The number of rotatable bonds is 8. The van der Waals surface area contributed by atoms with E-state index in [-0.39, 0.29) is 5.92 Å². The second-order valence-corrected chi connectivity index (χ2v) is 7.30. The monoisotopic (exact) mass is 306 g/mol. The molecular formula is C14H26O5S. The highest BCUT2D eigenvalue weighted by molar-refractivity contribution is 7.87. The molecule has 0 aliphatic heterocycles. The van der Waals surface area contributed by atoms with Crippen LogP contribution in [-0.4, -0.2) is 19.6 Å². The molecule has 6 heteroatoms. The Bertz CT molecular complexity index is 384. The van der Waals surface area contributed by atoms with Crippen molar-refractivity contribution < 1.29 is 22.4 Å². The maximum atomic E-state index is 12.2. The SMILES string of the molecule is CCCCCC(C1CCCCC1)S(=O)(=O)OOC(C)=O. The standard InChI is InChI=1S/C14H26O5S/c1-3-4-6-11-14(13-9-7-5-8-10-13)20(16,17)19-18-12(2)15/h13-14H,3-11H2,1-2H3. The van der Waals surface area contributed by atoms with Crippen molar-refractivity contribution in [1.29, 1.82) is 0 Å². The first-order valence-corrected chi connectivity index (χ1v) is 9.05. The van der Waals surface area contributed by atoms with Gasteiger partial charge >= 0.3 is 16.1 Å². The van der Waals surface area contributed by atoms with Crippen LogP contribution in [0, 0.1) is 5.92 Å². The van der Waals surface area contributed by atoms with Gasteiger partial charge in [-0.2, -0.15) is 8.42 Å². The van der Waals surface area contributed by atoms with Gasteiger partial charge in [-0.25, -0.2) is 4.79 Å². The minimum atomic E-state index is -3.84. The predicted octanol–water partition coefficient (Wildman–Crippen LogP) is 3.34. The number of carbonyl (C=O) groups is 1. The average Bonchev–Trinajstić information content (AvgIpc) is 2.42. The van der Waals surface area contributed by atoms with Crippen LogP contribution in [0.5, 0.6) is 0 Å². The summed E-state index contributed by atoms with van der Waals surface area (Å²) in [5.74, 6) is -0.620. The highest BCUT2D eigenvalue weighted by Gasteiger charge is 2.36. The molecule has 118 valence electrons. The number of hydrogen-bond acceptors (Lipinski definition) is 5. The molecule has 0 aromatic carbocycles. The zero-order valence-electron chi connectivity index (χ0n) is 12.5. The van der Waals surface area contributed by atoms with Gasteiger partial charge in [-0.05, 0) is 25.2 Å². The van der Waals surface area contributed by atoms with Crippen molar-refractivity contribution in [2.24, 2.45) is 5.92 Å². The van der Waals surface area contributed by atoms with Crippen LogP contribution in [-0.2, 0) is 24.1 Å². The fourth-order valence-corrected chi connectivity index (χ4v) is 4.35. The van der Waals surface area contributed by atoms with Gasteiger partial charge in [0.2, 0.25) is 0 Å². The molecule has 0 radical (unpaired) electrons. The van der Waals surface area contributed by atoms with E-state index in [4.69, 9.17) is 0 Å². The first kappa shape index (κ1) is 17.4. The van der Waals surface area contributed by atoms with Crippen LogP contribution in [0.2, 0.25) is 0 Å². The van der Waals surface area contributed by atoms with Crippen LogP contribution in [0.1, 0.15) is 71.6 Å². The van der Waals surface area contributed by atoms with Gasteiger partial charge in [0.15, 0.2) is 0 Å². The largest absolute Gasteiger partial charge is 0.340 e. The quantitative estimate of drug-likeness (QED) is 0.391. The third-order valence-corrected chi connectivity index (χ3v) is 5.50. The van der Waals surface area contributed by atoms with Crippen molar-refractivity contribution in [2.75, 3.05) is 0 Å². The maximum absolute atomic E-state index is 12.2. The van der Waals surface area contributed by atoms with E-state index in [0.717, 1.165) is 51.9 Å². The van der Waals surface area contributed by atoms with Crippen molar-refractivity contribution in [3.8, 4) is 0 Å². The van der Waals surface area contributed by atoms with Gasteiger partial charge in [0.05, 0.1) is 5.25 Å². The molecule has 0 aromatic rings. The first-order chi connectivity index (χ1) is 9.47. The minimum absolute atomic E-state index is 0.126. The zero-order chi connectivity index (χ0) is 15.0. The lowest BCUT2D eigenvalue weighted by Crippen LogP contribution is -2.33. The molecule has 1 rings (SSSR count). The minimum Gasteiger partial charge on any atom is -0.282 e. The summed E-state index contributed by atoms with van der Waals surface area (Å²) in [6, 6.07) is 0. The van der Waals surface area contributed by atoms with Gasteiger partial charge < -0.3 is 0 Å². The first-order valence-electron chi connectivity index (χ1n) is 7.58. The molecule has 1 unspecified atom stereocenters. The second kappa shape index (κ2) is 8.62. The molecule has 0 heterocycles. The molecule has 1 atom stereocenters. The van der Waals surface area contributed by atoms with E-state index in [1.807, 2.05) is 0 Å². The Morgan fingerprint density at radius 1 is 1.20 bits per heavy atom. The molecule has 20 heavy (non-hydrogen) atoms. The summed E-state index contributed by atoms with van der Waals surface area (Å²) in [6.07, 6.45) is 8.63. The molecule has 1 aliphatic rings. The van der Waals surface area contributed by atoms with E-state index >= 15 is 0 Å². The Balaban J connectivity index is 2.70. The van der Waals surface area contributed by atoms with Gasteiger partial charge in [-0.3, -0.25) is 4.89 Å². The number of hydrogen-bond donors (Lipinski definition) is 0. The summed E-state index contributed by atoms with van der Waals surface area (Å²) in [7, 11) is -3.84. The smallest absolute Gasteiger partial charge is 0.282 e. The lowest BCUT2D eigenvalue weighted by molar-refractivity contribution is -0.208. The predicted molar refractivity (Wildman–Crippen MR) is 76.3 cm³/mol. The molecule has 1 aliphatic carbocycles. The van der Waals surface area contributed by atoms with E-state index in [1.165, 1.54) is 6.42 Å². The third kappa shape index (κ3) is 5.79. The molecule has 5 nitrogen and oxygen atoms in total. The Kier molecular flexibility index (Phi) is 7.51. The molecule has 0 N–H and O–H groups in total. The van der Waals surface area contributed by atoms with Crippen LogP contribution in [0.4, 0.5) is 0 Å². The topological polar surface area (TPSA) is 69.7 Å². The zero-order valence-corrected chi connectivity index (χ0v) is 13.3. The van der Waals surface area contributed by atoms with Gasteiger partial charge in [0, 0.05) is 6.92 Å². The average molecular weight is 306 g/mol. The summed E-state index contributed by atoms with van der Waals surface area (Å²) >= 11 is 0. The summed E-state index contributed by atoms with van der Waals surface area (Å²) in [6.45, 7) is 3.21. The second-order valence-electron chi connectivity index (χ2n) is 5.57. The molecule has 0 spiro atoms. The molecule has 0 bridgehead atoms. The van der Waals surface area contributed by atoms with E-state index in [1.54, 1.807) is 0 Å². The lowest BCUT2D eigenvalue weighted by atomic mass is 9.85. The van der Waals surface area contributed by atoms with E-state index in [2.05, 4.69) is 16.1 Å². The van der Waals surface area contributed by atoms with Gasteiger partial charge in [-0.15, -0.1) is 0 Å². The Labute approximate surface area is 122 Å². The van der Waals surface area contributed by atoms with Gasteiger partial charge in [0.25, 0.3) is 0 Å². The number of unbranched alkanes of at least 4 members (excludes halogenated alkanes) is 2. The van der Waals surface area contributed by atoms with Crippen LogP contribution >= 0.6 is 0 Å². The Morgan fingerprint density at radius 3 is 2.40 bits per heavy atom. The summed E-state index contributed by atoms with van der Waals surface area (Å²) in [5.41, 5.74) is 0. The lowest BCUT2D eigenvalue weighted by Gasteiger charge is -2.28. The van der Waals surface area contributed by atoms with E-state index in [9.17, 15) is 13.2 Å². The molecule has 0 amide bonds. The third-order valence-electron chi connectivity index (χ3n) is 3.88. The Hall–Kier alpha value is -0.620. The van der Waals surface area contributed by atoms with Crippen molar-refractivity contribution in [1.82, 2.24) is 0 Å².